The first-order valence-corrected chi connectivity index (χ1v) is 10.5. The Morgan fingerprint density at radius 2 is 1.70 bits per heavy atom. The quantitative estimate of drug-likeness (QED) is 0.758. The Morgan fingerprint density at radius 1 is 1.04 bits per heavy atom. The Morgan fingerprint density at radius 3 is 2.33 bits per heavy atom. The number of piperidine rings is 1. The predicted molar refractivity (Wildman–Crippen MR) is 108 cm³/mol. The summed E-state index contributed by atoms with van der Waals surface area (Å²) in [6.07, 6.45) is 3.04. The van der Waals surface area contributed by atoms with Gasteiger partial charge in [0.2, 0.25) is 10.0 Å². The van der Waals surface area contributed by atoms with E-state index in [0.717, 1.165) is 24.2 Å². The van der Waals surface area contributed by atoms with E-state index in [2.05, 4.69) is 24.0 Å². The van der Waals surface area contributed by atoms with Crippen LogP contribution in [0, 0.1) is 11.8 Å². The van der Waals surface area contributed by atoms with E-state index in [0.29, 0.717) is 19.0 Å². The molecule has 2 aromatic carbocycles. The van der Waals surface area contributed by atoms with Crippen molar-refractivity contribution in [1.82, 2.24) is 4.31 Å². The first kappa shape index (κ1) is 19.2. The van der Waals surface area contributed by atoms with Crippen molar-refractivity contribution in [2.45, 2.75) is 18.8 Å². The fraction of sp³-hybridized carbons (Fsp3) is 0.273. The number of hydrogen-bond donors (Lipinski definition) is 0. The summed E-state index contributed by atoms with van der Waals surface area (Å²) in [7, 11) is -1.77. The third-order valence-electron chi connectivity index (χ3n) is 4.71. The van der Waals surface area contributed by atoms with Gasteiger partial charge in [-0.05, 0) is 48.6 Å². The van der Waals surface area contributed by atoms with Crippen molar-refractivity contribution < 1.29 is 13.2 Å². The van der Waals surface area contributed by atoms with Gasteiger partial charge in [-0.2, -0.15) is 4.31 Å². The van der Waals surface area contributed by atoms with E-state index < -0.39 is 10.0 Å². The molecule has 0 aliphatic carbocycles. The first-order chi connectivity index (χ1) is 13.1. The molecule has 0 saturated carbocycles. The number of hydrogen-bond acceptors (Lipinski definition) is 3. The predicted octanol–water partition coefficient (Wildman–Crippen LogP) is 3.77. The molecule has 4 nitrogen and oxygen atoms in total. The Hall–Kier alpha value is -2.55. The van der Waals surface area contributed by atoms with Crippen LogP contribution in [0.1, 0.15) is 29.9 Å². The van der Waals surface area contributed by atoms with E-state index in [1.807, 2.05) is 42.5 Å². The molecule has 0 aromatic heterocycles. The second kappa shape index (κ2) is 8.90. The fourth-order valence-corrected chi connectivity index (χ4v) is 4.30. The van der Waals surface area contributed by atoms with Gasteiger partial charge in [0, 0.05) is 24.7 Å². The van der Waals surface area contributed by atoms with Gasteiger partial charge in [0.25, 0.3) is 0 Å². The lowest BCUT2D eigenvalue weighted by Crippen LogP contribution is -2.36. The number of ether oxygens (including phenoxy) is 1. The SMILES string of the molecule is COc1ccc(C2CCN(S(=O)(=O)C=CC#Cc3ccccc3)CC2)cc1. The summed E-state index contributed by atoms with van der Waals surface area (Å²) < 4.78 is 31.7. The number of rotatable bonds is 4. The van der Waals surface area contributed by atoms with Gasteiger partial charge in [0.05, 0.1) is 12.5 Å². The molecule has 0 spiro atoms. The normalized spacial score (nSPS) is 16.0. The first-order valence-electron chi connectivity index (χ1n) is 8.96. The van der Waals surface area contributed by atoms with Crippen LogP contribution in [0.25, 0.3) is 0 Å². The number of benzene rings is 2. The minimum Gasteiger partial charge on any atom is -0.497 e. The molecule has 2 aromatic rings. The molecule has 27 heavy (non-hydrogen) atoms. The van der Waals surface area contributed by atoms with Gasteiger partial charge >= 0.3 is 0 Å². The van der Waals surface area contributed by atoms with Crippen LogP contribution in [0.15, 0.2) is 66.1 Å². The standard InChI is InChI=1S/C22H23NO3S/c1-26-22-12-10-20(11-13-22)21-14-16-23(17-15-21)27(24,25)18-6-5-9-19-7-3-2-4-8-19/h2-4,6-8,10-13,18,21H,14-17H2,1H3. The summed E-state index contributed by atoms with van der Waals surface area (Å²) in [6, 6.07) is 17.5. The van der Waals surface area contributed by atoms with Gasteiger partial charge < -0.3 is 4.74 Å². The van der Waals surface area contributed by atoms with Crippen LogP contribution < -0.4 is 4.74 Å². The third-order valence-corrected chi connectivity index (χ3v) is 6.28. The molecule has 1 fully saturated rings. The van der Waals surface area contributed by atoms with Gasteiger partial charge in [-0.3, -0.25) is 0 Å². The van der Waals surface area contributed by atoms with Crippen LogP contribution in [0.3, 0.4) is 0 Å². The molecule has 1 aliphatic heterocycles. The minimum atomic E-state index is -3.42. The molecular formula is C22H23NO3S. The second-order valence-electron chi connectivity index (χ2n) is 6.43. The summed E-state index contributed by atoms with van der Waals surface area (Å²) in [5, 5.41) is 1.21. The molecule has 1 heterocycles. The lowest BCUT2D eigenvalue weighted by Gasteiger charge is -2.30. The maximum atomic E-state index is 12.5. The maximum absolute atomic E-state index is 12.5. The number of methoxy groups -OCH3 is 1. The average Bonchev–Trinajstić information content (AvgIpc) is 2.72. The Bertz CT molecular complexity index is 931. The highest BCUT2D eigenvalue weighted by Crippen LogP contribution is 2.30. The Labute approximate surface area is 161 Å². The van der Waals surface area contributed by atoms with Crippen LogP contribution in [0.5, 0.6) is 5.75 Å². The molecule has 0 bridgehead atoms. The van der Waals surface area contributed by atoms with E-state index in [1.54, 1.807) is 7.11 Å². The van der Waals surface area contributed by atoms with Gasteiger partial charge in [-0.25, -0.2) is 8.42 Å². The van der Waals surface area contributed by atoms with Gasteiger partial charge in [0.15, 0.2) is 0 Å². The van der Waals surface area contributed by atoms with Gasteiger partial charge in [-0.15, -0.1) is 0 Å². The van der Waals surface area contributed by atoms with Crippen LogP contribution in [-0.2, 0) is 10.0 Å². The van der Waals surface area contributed by atoms with Gasteiger partial charge in [0.1, 0.15) is 5.75 Å². The number of sulfonamides is 1. The van der Waals surface area contributed by atoms with E-state index >= 15 is 0 Å². The molecule has 1 saturated heterocycles. The van der Waals surface area contributed by atoms with Crippen LogP contribution in [0.2, 0.25) is 0 Å². The molecule has 0 radical (unpaired) electrons. The highest BCUT2D eigenvalue weighted by atomic mass is 32.2. The van der Waals surface area contributed by atoms with Crippen molar-refractivity contribution in [2.75, 3.05) is 20.2 Å². The molecular weight excluding hydrogens is 358 g/mol. The molecule has 0 atom stereocenters. The third kappa shape index (κ3) is 5.22. The van der Waals surface area contributed by atoms with E-state index in [1.165, 1.54) is 21.4 Å². The second-order valence-corrected chi connectivity index (χ2v) is 8.25. The van der Waals surface area contributed by atoms with E-state index in [9.17, 15) is 8.42 Å². The van der Waals surface area contributed by atoms with Crippen LogP contribution in [-0.4, -0.2) is 32.9 Å². The zero-order valence-corrected chi connectivity index (χ0v) is 16.2. The minimum absolute atomic E-state index is 0.379. The van der Waals surface area contributed by atoms with Gasteiger partial charge in [-0.1, -0.05) is 42.2 Å². The molecule has 0 unspecified atom stereocenters. The van der Waals surface area contributed by atoms with Crippen molar-refractivity contribution in [3.63, 3.8) is 0 Å². The van der Waals surface area contributed by atoms with Crippen molar-refractivity contribution in [3.8, 4) is 17.6 Å². The molecule has 5 heteroatoms. The highest BCUT2D eigenvalue weighted by molar-refractivity contribution is 7.92. The summed E-state index contributed by atoms with van der Waals surface area (Å²) in [5.74, 6) is 6.93. The summed E-state index contributed by atoms with van der Waals surface area (Å²) in [4.78, 5) is 0. The summed E-state index contributed by atoms with van der Waals surface area (Å²) in [6.45, 7) is 1.05. The van der Waals surface area contributed by atoms with Crippen LogP contribution in [0.4, 0.5) is 0 Å². The lowest BCUT2D eigenvalue weighted by molar-refractivity contribution is 0.322. The molecule has 3 rings (SSSR count). The van der Waals surface area contributed by atoms with Crippen molar-refractivity contribution in [3.05, 3.63) is 77.2 Å². The van der Waals surface area contributed by atoms with Crippen molar-refractivity contribution in [2.24, 2.45) is 0 Å². The fourth-order valence-electron chi connectivity index (χ4n) is 3.17. The summed E-state index contributed by atoms with van der Waals surface area (Å²) in [5.41, 5.74) is 2.09. The molecule has 0 N–H and O–H groups in total. The maximum Gasteiger partial charge on any atom is 0.236 e. The van der Waals surface area contributed by atoms with Crippen molar-refractivity contribution in [1.29, 1.82) is 0 Å². The lowest BCUT2D eigenvalue weighted by atomic mass is 9.90. The van der Waals surface area contributed by atoms with Crippen LogP contribution >= 0.6 is 0 Å². The molecule has 140 valence electrons. The average molecular weight is 381 g/mol. The topological polar surface area (TPSA) is 46.6 Å². The number of allylic oxidation sites excluding steroid dienone is 1. The van der Waals surface area contributed by atoms with E-state index in [4.69, 9.17) is 4.74 Å². The molecule has 1 aliphatic rings. The monoisotopic (exact) mass is 381 g/mol. The number of nitrogens with zero attached hydrogens (tertiary/aromatic N) is 1. The summed E-state index contributed by atoms with van der Waals surface area (Å²) >= 11 is 0. The largest absolute Gasteiger partial charge is 0.497 e. The van der Waals surface area contributed by atoms with Crippen molar-refractivity contribution >= 4 is 10.0 Å². The Kier molecular flexibility index (Phi) is 6.33. The zero-order valence-electron chi connectivity index (χ0n) is 15.3. The smallest absolute Gasteiger partial charge is 0.236 e. The highest BCUT2D eigenvalue weighted by Gasteiger charge is 2.26. The van der Waals surface area contributed by atoms with E-state index in [-0.39, 0.29) is 0 Å². The zero-order chi connectivity index (χ0) is 19.1. The Balaban J connectivity index is 1.57. The molecule has 0 amide bonds.